The largest absolute Gasteiger partial charge is 0.422 e. The van der Waals surface area contributed by atoms with E-state index in [-0.39, 0.29) is 5.56 Å². The molecule has 0 heterocycles. The van der Waals surface area contributed by atoms with Crippen molar-refractivity contribution in [2.75, 3.05) is 5.32 Å². The second-order valence-electron chi connectivity index (χ2n) is 6.17. The second kappa shape index (κ2) is 8.20. The fourth-order valence-electron chi connectivity index (χ4n) is 2.80. The minimum atomic E-state index is -5.65. The molecular weight excluding hydrogens is 391 g/mol. The predicted octanol–water partition coefficient (Wildman–Crippen LogP) is 6.17. The molecule has 9 heteroatoms. The molecule has 0 aromatic heterocycles. The first-order chi connectivity index (χ1) is 13.0. The van der Waals surface area contributed by atoms with Crippen LogP contribution < -0.4 is 5.32 Å². The number of rotatable bonds is 5. The Morgan fingerprint density at radius 2 is 1.57 bits per heavy atom. The number of anilines is 1. The molecule has 1 amide bonds. The molecule has 28 heavy (non-hydrogen) atoms. The van der Waals surface area contributed by atoms with Crippen molar-refractivity contribution in [2.45, 2.75) is 39.3 Å². The van der Waals surface area contributed by atoms with Crippen molar-refractivity contribution in [3.63, 3.8) is 0 Å². The van der Waals surface area contributed by atoms with Crippen molar-refractivity contribution < 1.29 is 35.5 Å². The lowest BCUT2D eigenvalue weighted by Crippen LogP contribution is -2.21. The van der Waals surface area contributed by atoms with E-state index in [9.17, 15) is 35.5 Å². The van der Waals surface area contributed by atoms with Crippen molar-refractivity contribution in [2.24, 2.45) is 0 Å². The quantitative estimate of drug-likeness (QED) is 0.467. The Balaban J connectivity index is 2.52. The normalized spacial score (nSPS) is 11.6. The Morgan fingerprint density at radius 1 is 1.00 bits per heavy atom. The van der Waals surface area contributed by atoms with Crippen molar-refractivity contribution >= 4 is 11.6 Å². The maximum atomic E-state index is 14.0. The minimum absolute atomic E-state index is 0.0375. The van der Waals surface area contributed by atoms with Crippen LogP contribution in [0.25, 0.3) is 0 Å². The minimum Gasteiger partial charge on any atom is -0.317 e. The number of benzene rings is 2. The van der Waals surface area contributed by atoms with Gasteiger partial charge in [-0.3, -0.25) is 4.79 Å². The molecule has 0 saturated heterocycles. The highest BCUT2D eigenvalue weighted by atomic mass is 19.4. The number of halogens is 7. The van der Waals surface area contributed by atoms with Crippen molar-refractivity contribution in [3.05, 3.63) is 63.7 Å². The summed E-state index contributed by atoms with van der Waals surface area (Å²) in [4.78, 5) is 12.5. The van der Waals surface area contributed by atoms with Crippen LogP contribution in [0.4, 0.5) is 36.4 Å². The van der Waals surface area contributed by atoms with Crippen LogP contribution in [0, 0.1) is 30.2 Å². The van der Waals surface area contributed by atoms with E-state index in [0.717, 1.165) is 6.42 Å². The van der Waals surface area contributed by atoms with Crippen LogP contribution >= 0.6 is 0 Å². The molecule has 0 aliphatic heterocycles. The Morgan fingerprint density at radius 3 is 2.07 bits per heavy atom. The molecule has 0 saturated carbocycles. The zero-order chi connectivity index (χ0) is 21.2. The van der Waals surface area contributed by atoms with Crippen LogP contribution in [-0.4, -0.2) is 5.91 Å². The van der Waals surface area contributed by atoms with E-state index in [1.54, 1.807) is 30.4 Å². The second-order valence-corrected chi connectivity index (χ2v) is 6.17. The first kappa shape index (κ1) is 21.7. The number of alkyl halides is 3. The Hall–Kier alpha value is -2.58. The maximum absolute atomic E-state index is 14.0. The van der Waals surface area contributed by atoms with Gasteiger partial charge in [0.15, 0.2) is 23.3 Å². The molecule has 152 valence electrons. The predicted molar refractivity (Wildman–Crippen MR) is 89.0 cm³/mol. The van der Waals surface area contributed by atoms with E-state index in [0.29, 0.717) is 24.0 Å². The molecule has 2 aromatic rings. The Bertz CT molecular complexity index is 877. The van der Waals surface area contributed by atoms with Crippen LogP contribution in [0.2, 0.25) is 0 Å². The Kier molecular flexibility index (Phi) is 6.36. The van der Waals surface area contributed by atoms with E-state index in [2.05, 4.69) is 0 Å². The monoisotopic (exact) mass is 407 g/mol. The summed E-state index contributed by atoms with van der Waals surface area (Å²) in [5, 5.41) is 1.68. The van der Waals surface area contributed by atoms with Gasteiger partial charge in [0.2, 0.25) is 0 Å². The van der Waals surface area contributed by atoms with Gasteiger partial charge in [-0.25, -0.2) is 17.6 Å². The van der Waals surface area contributed by atoms with Gasteiger partial charge in [-0.15, -0.1) is 0 Å². The summed E-state index contributed by atoms with van der Waals surface area (Å²) in [5.41, 5.74) is -3.30. The lowest BCUT2D eigenvalue weighted by atomic mass is 9.97. The van der Waals surface area contributed by atoms with Crippen LogP contribution in [0.1, 0.15) is 46.8 Å². The van der Waals surface area contributed by atoms with Crippen molar-refractivity contribution in [3.8, 4) is 0 Å². The Labute approximate surface area is 156 Å². The number of amides is 1. The van der Waals surface area contributed by atoms with E-state index < -0.39 is 46.6 Å². The molecule has 0 spiro atoms. The van der Waals surface area contributed by atoms with Crippen LogP contribution in [0.3, 0.4) is 0 Å². The number of nitrogens with one attached hydrogen (secondary N) is 1. The molecule has 0 bridgehead atoms. The number of carbonyl (C=O) groups excluding carboxylic acids is 1. The fraction of sp³-hybridized carbons (Fsp3) is 0.316. The highest BCUT2D eigenvalue weighted by Crippen LogP contribution is 2.38. The lowest BCUT2D eigenvalue weighted by molar-refractivity contribution is -0.143. The molecule has 0 radical (unpaired) electrons. The summed E-state index contributed by atoms with van der Waals surface area (Å²) < 4.78 is 93.4. The SMILES string of the molecule is CCCCc1cccc(C)c1C(=O)Nc1c(F)c(F)c(C(F)(F)F)c(F)c1F. The maximum Gasteiger partial charge on any atom is 0.422 e. The molecule has 0 atom stereocenters. The van der Waals surface area contributed by atoms with Crippen LogP contribution in [-0.2, 0) is 12.6 Å². The highest BCUT2D eigenvalue weighted by Gasteiger charge is 2.42. The van der Waals surface area contributed by atoms with Gasteiger partial charge in [-0.2, -0.15) is 13.2 Å². The number of hydrogen-bond donors (Lipinski definition) is 1. The third-order valence-corrected chi connectivity index (χ3v) is 4.17. The van der Waals surface area contributed by atoms with Gasteiger partial charge in [0.25, 0.3) is 5.91 Å². The van der Waals surface area contributed by atoms with E-state index >= 15 is 0 Å². The van der Waals surface area contributed by atoms with Gasteiger partial charge >= 0.3 is 6.18 Å². The third kappa shape index (κ3) is 4.13. The zero-order valence-corrected chi connectivity index (χ0v) is 14.9. The summed E-state index contributed by atoms with van der Waals surface area (Å²) >= 11 is 0. The standard InChI is InChI=1S/C19H16F7NO/c1-3-4-7-10-8-5-6-9(2)11(10)18(28)27-17-15(22)13(20)12(19(24,25)26)14(21)16(17)23/h5-6,8H,3-4,7H2,1-2H3,(H,27,28). The van der Waals surface area contributed by atoms with Crippen LogP contribution in [0.15, 0.2) is 18.2 Å². The first-order valence-electron chi connectivity index (χ1n) is 8.33. The summed E-state index contributed by atoms with van der Waals surface area (Å²) in [5.74, 6) is -11.0. The van der Waals surface area contributed by atoms with Gasteiger partial charge in [0, 0.05) is 5.56 Å². The third-order valence-electron chi connectivity index (χ3n) is 4.17. The number of unbranched alkanes of at least 4 members (excludes halogenated alkanes) is 1. The van der Waals surface area contributed by atoms with Crippen molar-refractivity contribution in [1.82, 2.24) is 0 Å². The van der Waals surface area contributed by atoms with Gasteiger partial charge in [-0.1, -0.05) is 31.5 Å². The average molecular weight is 407 g/mol. The summed E-state index contributed by atoms with van der Waals surface area (Å²) in [6.07, 6.45) is -3.69. The average Bonchev–Trinajstić information content (AvgIpc) is 2.60. The van der Waals surface area contributed by atoms with Crippen molar-refractivity contribution in [1.29, 1.82) is 0 Å². The van der Waals surface area contributed by atoms with Gasteiger partial charge in [-0.05, 0) is 30.9 Å². The van der Waals surface area contributed by atoms with E-state index in [1.807, 2.05) is 6.92 Å². The highest BCUT2D eigenvalue weighted by molar-refractivity contribution is 6.06. The van der Waals surface area contributed by atoms with Gasteiger partial charge in [0.05, 0.1) is 0 Å². The fourth-order valence-corrected chi connectivity index (χ4v) is 2.80. The number of carbonyl (C=O) groups is 1. The summed E-state index contributed by atoms with van der Waals surface area (Å²) in [6.45, 7) is 3.46. The summed E-state index contributed by atoms with van der Waals surface area (Å²) in [6, 6.07) is 4.82. The molecule has 1 N–H and O–H groups in total. The van der Waals surface area contributed by atoms with Crippen LogP contribution in [0.5, 0.6) is 0 Å². The molecular formula is C19H16F7NO. The van der Waals surface area contributed by atoms with Gasteiger partial charge < -0.3 is 5.32 Å². The molecule has 0 unspecified atom stereocenters. The van der Waals surface area contributed by atoms with Gasteiger partial charge in [0.1, 0.15) is 11.3 Å². The lowest BCUT2D eigenvalue weighted by Gasteiger charge is -2.16. The molecule has 2 nitrogen and oxygen atoms in total. The van der Waals surface area contributed by atoms with E-state index in [1.165, 1.54) is 0 Å². The molecule has 0 aliphatic carbocycles. The molecule has 2 rings (SSSR count). The molecule has 0 fully saturated rings. The number of aryl methyl sites for hydroxylation is 2. The smallest absolute Gasteiger partial charge is 0.317 e. The zero-order valence-electron chi connectivity index (χ0n) is 14.9. The topological polar surface area (TPSA) is 29.1 Å². The number of hydrogen-bond acceptors (Lipinski definition) is 1. The summed E-state index contributed by atoms with van der Waals surface area (Å²) in [7, 11) is 0. The molecule has 0 aliphatic rings. The van der Waals surface area contributed by atoms with E-state index in [4.69, 9.17) is 0 Å². The molecule has 2 aromatic carbocycles. The first-order valence-corrected chi connectivity index (χ1v) is 8.33.